The van der Waals surface area contributed by atoms with Gasteiger partial charge >= 0.3 is 0 Å². The predicted molar refractivity (Wildman–Crippen MR) is 108 cm³/mol. The van der Waals surface area contributed by atoms with Crippen LogP contribution in [0.15, 0.2) is 69.8 Å². The van der Waals surface area contributed by atoms with Crippen LogP contribution < -0.4 is 4.90 Å². The SMILES string of the molecule is Cc1ccc(C(=O)N(Cc2ccco2)c2nc3ccc(Br)cc3s2)cc1. The first-order valence-corrected chi connectivity index (χ1v) is 9.68. The number of nitrogens with zero attached hydrogens (tertiary/aromatic N) is 2. The molecule has 0 spiro atoms. The molecule has 0 N–H and O–H groups in total. The molecule has 0 radical (unpaired) electrons. The number of fused-ring (bicyclic) bond motifs is 1. The summed E-state index contributed by atoms with van der Waals surface area (Å²) in [6.45, 7) is 2.33. The minimum Gasteiger partial charge on any atom is -0.467 e. The van der Waals surface area contributed by atoms with Gasteiger partial charge in [0.15, 0.2) is 5.13 Å². The van der Waals surface area contributed by atoms with E-state index in [4.69, 9.17) is 4.42 Å². The lowest BCUT2D eigenvalue weighted by molar-refractivity contribution is 0.0983. The Morgan fingerprint density at radius 3 is 2.73 bits per heavy atom. The summed E-state index contributed by atoms with van der Waals surface area (Å²) in [5, 5.41) is 0.653. The maximum atomic E-state index is 13.2. The van der Waals surface area contributed by atoms with Gasteiger partial charge in [0.25, 0.3) is 5.91 Å². The van der Waals surface area contributed by atoms with E-state index in [9.17, 15) is 4.79 Å². The Labute approximate surface area is 163 Å². The first-order chi connectivity index (χ1) is 12.6. The quantitative estimate of drug-likeness (QED) is 0.413. The van der Waals surface area contributed by atoms with Crippen LogP contribution in [0.5, 0.6) is 0 Å². The van der Waals surface area contributed by atoms with Crippen molar-refractivity contribution in [2.45, 2.75) is 13.5 Å². The molecule has 4 aromatic rings. The fourth-order valence-electron chi connectivity index (χ4n) is 2.64. The van der Waals surface area contributed by atoms with Crippen molar-refractivity contribution in [3.63, 3.8) is 0 Å². The van der Waals surface area contributed by atoms with Gasteiger partial charge in [-0.15, -0.1) is 0 Å². The monoisotopic (exact) mass is 426 g/mol. The van der Waals surface area contributed by atoms with Gasteiger partial charge in [0.2, 0.25) is 0 Å². The fraction of sp³-hybridized carbons (Fsp3) is 0.100. The second-order valence-electron chi connectivity index (χ2n) is 5.95. The highest BCUT2D eigenvalue weighted by Gasteiger charge is 2.22. The molecule has 4 nitrogen and oxygen atoms in total. The minimum atomic E-state index is -0.0977. The lowest BCUT2D eigenvalue weighted by Gasteiger charge is -2.18. The number of hydrogen-bond acceptors (Lipinski definition) is 4. The number of thiazole rings is 1. The van der Waals surface area contributed by atoms with E-state index in [1.165, 1.54) is 11.3 Å². The number of benzene rings is 2. The highest BCUT2D eigenvalue weighted by Crippen LogP contribution is 2.32. The van der Waals surface area contributed by atoms with E-state index in [1.54, 1.807) is 11.2 Å². The van der Waals surface area contributed by atoms with Crippen molar-refractivity contribution in [2.75, 3.05) is 4.90 Å². The van der Waals surface area contributed by atoms with E-state index in [0.29, 0.717) is 23.0 Å². The van der Waals surface area contributed by atoms with E-state index in [0.717, 1.165) is 20.3 Å². The molecular formula is C20H15BrN2O2S. The van der Waals surface area contributed by atoms with Crippen molar-refractivity contribution in [1.29, 1.82) is 0 Å². The fourth-order valence-corrected chi connectivity index (χ4v) is 4.15. The maximum absolute atomic E-state index is 13.2. The highest BCUT2D eigenvalue weighted by atomic mass is 79.9. The summed E-state index contributed by atoms with van der Waals surface area (Å²) in [6.07, 6.45) is 1.61. The van der Waals surface area contributed by atoms with Crippen LogP contribution in [0.4, 0.5) is 5.13 Å². The van der Waals surface area contributed by atoms with Crippen molar-refractivity contribution in [3.05, 3.63) is 82.2 Å². The molecule has 130 valence electrons. The molecule has 0 unspecified atom stereocenters. The molecule has 2 aromatic heterocycles. The van der Waals surface area contributed by atoms with Crippen LogP contribution in [-0.4, -0.2) is 10.9 Å². The van der Waals surface area contributed by atoms with Crippen LogP contribution in [0.1, 0.15) is 21.7 Å². The molecule has 0 saturated carbocycles. The normalized spacial score (nSPS) is 11.0. The molecule has 0 aliphatic carbocycles. The summed E-state index contributed by atoms with van der Waals surface area (Å²) in [5.41, 5.74) is 2.61. The number of aryl methyl sites for hydroxylation is 1. The van der Waals surface area contributed by atoms with Crippen LogP contribution in [0.2, 0.25) is 0 Å². The summed E-state index contributed by atoms with van der Waals surface area (Å²) in [4.78, 5) is 19.5. The Kier molecular flexibility index (Phi) is 4.61. The van der Waals surface area contributed by atoms with Gasteiger partial charge in [-0.25, -0.2) is 4.98 Å². The molecule has 0 saturated heterocycles. The van der Waals surface area contributed by atoms with E-state index in [-0.39, 0.29) is 5.91 Å². The number of furan rings is 1. The zero-order chi connectivity index (χ0) is 18.1. The Balaban J connectivity index is 1.76. The van der Waals surface area contributed by atoms with Gasteiger partial charge in [-0.05, 0) is 49.4 Å². The first kappa shape index (κ1) is 17.0. The molecule has 2 heterocycles. The second kappa shape index (κ2) is 7.05. The zero-order valence-electron chi connectivity index (χ0n) is 14.0. The Morgan fingerprint density at radius 2 is 2.00 bits per heavy atom. The number of carbonyl (C=O) groups excluding carboxylic acids is 1. The lowest BCUT2D eigenvalue weighted by Crippen LogP contribution is -2.30. The molecule has 6 heteroatoms. The van der Waals surface area contributed by atoms with Gasteiger partial charge in [0, 0.05) is 10.0 Å². The summed E-state index contributed by atoms with van der Waals surface area (Å²) in [7, 11) is 0. The Bertz CT molecular complexity index is 1060. The number of aromatic nitrogens is 1. The summed E-state index contributed by atoms with van der Waals surface area (Å²) in [5.74, 6) is 0.616. The van der Waals surface area contributed by atoms with Crippen molar-refractivity contribution >= 4 is 48.5 Å². The minimum absolute atomic E-state index is 0.0977. The second-order valence-corrected chi connectivity index (χ2v) is 7.87. The van der Waals surface area contributed by atoms with E-state index >= 15 is 0 Å². The summed E-state index contributed by atoms with van der Waals surface area (Å²) < 4.78 is 7.47. The highest BCUT2D eigenvalue weighted by molar-refractivity contribution is 9.10. The van der Waals surface area contributed by atoms with E-state index in [2.05, 4.69) is 20.9 Å². The molecule has 0 bridgehead atoms. The largest absolute Gasteiger partial charge is 0.467 e. The van der Waals surface area contributed by atoms with Gasteiger partial charge in [-0.2, -0.15) is 0 Å². The van der Waals surface area contributed by atoms with Crippen molar-refractivity contribution < 1.29 is 9.21 Å². The van der Waals surface area contributed by atoms with Crippen LogP contribution in [0.3, 0.4) is 0 Å². The Hall–Kier alpha value is -2.44. The van der Waals surface area contributed by atoms with Crippen LogP contribution in [-0.2, 0) is 6.54 Å². The molecule has 0 aliphatic heterocycles. The molecule has 4 rings (SSSR count). The van der Waals surface area contributed by atoms with Gasteiger partial charge in [-0.1, -0.05) is 45.0 Å². The third kappa shape index (κ3) is 3.43. The third-order valence-corrected chi connectivity index (χ3v) is 5.54. The van der Waals surface area contributed by atoms with Crippen LogP contribution in [0.25, 0.3) is 10.2 Å². The number of anilines is 1. The maximum Gasteiger partial charge on any atom is 0.260 e. The smallest absolute Gasteiger partial charge is 0.260 e. The van der Waals surface area contributed by atoms with Crippen molar-refractivity contribution in [2.24, 2.45) is 0 Å². The van der Waals surface area contributed by atoms with Gasteiger partial charge in [0.1, 0.15) is 5.76 Å². The number of rotatable bonds is 4. The molecule has 1 amide bonds. The predicted octanol–water partition coefficient (Wildman–Crippen LogP) is 5.81. The topological polar surface area (TPSA) is 46.3 Å². The molecule has 2 aromatic carbocycles. The number of amides is 1. The van der Waals surface area contributed by atoms with Crippen LogP contribution >= 0.6 is 27.3 Å². The van der Waals surface area contributed by atoms with Gasteiger partial charge in [0.05, 0.1) is 23.0 Å². The molecule has 0 atom stereocenters. The van der Waals surface area contributed by atoms with Crippen LogP contribution in [0, 0.1) is 6.92 Å². The number of carbonyl (C=O) groups is 1. The number of halogens is 1. The molecule has 0 fully saturated rings. The molecule has 26 heavy (non-hydrogen) atoms. The number of hydrogen-bond donors (Lipinski definition) is 0. The van der Waals surface area contributed by atoms with Gasteiger partial charge in [-0.3, -0.25) is 9.69 Å². The molecule has 0 aliphatic rings. The average molecular weight is 427 g/mol. The average Bonchev–Trinajstić information content (AvgIpc) is 3.28. The van der Waals surface area contributed by atoms with E-state index in [1.807, 2.05) is 61.5 Å². The van der Waals surface area contributed by atoms with E-state index < -0.39 is 0 Å². The van der Waals surface area contributed by atoms with Crippen molar-refractivity contribution in [3.8, 4) is 0 Å². The third-order valence-electron chi connectivity index (χ3n) is 4.01. The van der Waals surface area contributed by atoms with Gasteiger partial charge < -0.3 is 4.42 Å². The zero-order valence-corrected chi connectivity index (χ0v) is 16.4. The summed E-state index contributed by atoms with van der Waals surface area (Å²) in [6, 6.07) is 17.1. The standard InChI is InChI=1S/C20H15BrN2O2S/c1-13-4-6-14(7-5-13)19(24)23(12-16-3-2-10-25-16)20-22-17-9-8-15(21)11-18(17)26-20/h2-11H,12H2,1H3. The Morgan fingerprint density at radius 1 is 1.19 bits per heavy atom. The molecular weight excluding hydrogens is 412 g/mol. The first-order valence-electron chi connectivity index (χ1n) is 8.07. The lowest BCUT2D eigenvalue weighted by atomic mass is 10.1. The summed E-state index contributed by atoms with van der Waals surface area (Å²) >= 11 is 4.97. The van der Waals surface area contributed by atoms with Crippen molar-refractivity contribution in [1.82, 2.24) is 4.98 Å².